The Balaban J connectivity index is 0.000000224. The molecule has 0 aliphatic heterocycles. The van der Waals surface area contributed by atoms with E-state index in [4.69, 9.17) is 4.42 Å². The molecule has 98 valence electrons. The van der Waals surface area contributed by atoms with Gasteiger partial charge in [-0.05, 0) is 28.8 Å². The summed E-state index contributed by atoms with van der Waals surface area (Å²) in [7, 11) is 0. The van der Waals surface area contributed by atoms with Crippen LogP contribution >= 0.6 is 11.3 Å². The number of aliphatic hydroxyl groups is 1. The Kier molecular flexibility index (Phi) is 4.89. The second-order valence-electron chi connectivity index (χ2n) is 3.92. The highest BCUT2D eigenvalue weighted by molar-refractivity contribution is 7.07. The van der Waals surface area contributed by atoms with Crippen LogP contribution in [0.3, 0.4) is 0 Å². The molecular formula is C15H15NO2S. The van der Waals surface area contributed by atoms with E-state index in [1.54, 1.807) is 11.3 Å². The van der Waals surface area contributed by atoms with Crippen LogP contribution in [0.15, 0.2) is 64.0 Å². The molecule has 3 rings (SSSR count). The molecule has 0 fully saturated rings. The van der Waals surface area contributed by atoms with Crippen LogP contribution in [-0.4, -0.2) is 10.1 Å². The second-order valence-corrected chi connectivity index (χ2v) is 4.74. The SMILES string of the molecule is Cc1ccccc1C(O)c1ncco1.c1ccsc1. The number of thiophene rings is 1. The number of aliphatic hydroxyl groups excluding tert-OH is 1. The molecule has 1 unspecified atom stereocenters. The maximum atomic E-state index is 9.91. The minimum Gasteiger partial charge on any atom is -0.446 e. The lowest BCUT2D eigenvalue weighted by molar-refractivity contribution is 0.182. The molecule has 0 saturated carbocycles. The summed E-state index contributed by atoms with van der Waals surface area (Å²) in [5.74, 6) is 0.333. The van der Waals surface area contributed by atoms with Crippen molar-refractivity contribution in [1.29, 1.82) is 0 Å². The van der Waals surface area contributed by atoms with E-state index >= 15 is 0 Å². The summed E-state index contributed by atoms with van der Waals surface area (Å²) in [4.78, 5) is 3.92. The van der Waals surface area contributed by atoms with Crippen LogP contribution in [-0.2, 0) is 0 Å². The fraction of sp³-hybridized carbons (Fsp3) is 0.133. The largest absolute Gasteiger partial charge is 0.446 e. The third kappa shape index (κ3) is 3.77. The van der Waals surface area contributed by atoms with Crippen molar-refractivity contribution in [2.45, 2.75) is 13.0 Å². The van der Waals surface area contributed by atoms with Crippen molar-refractivity contribution in [3.8, 4) is 0 Å². The highest BCUT2D eigenvalue weighted by Crippen LogP contribution is 2.22. The molecule has 0 spiro atoms. The molecule has 0 aliphatic rings. The van der Waals surface area contributed by atoms with Crippen LogP contribution in [0, 0.1) is 6.92 Å². The fourth-order valence-electron chi connectivity index (χ4n) is 1.62. The average molecular weight is 273 g/mol. The molecule has 2 heterocycles. The number of hydrogen-bond acceptors (Lipinski definition) is 4. The van der Waals surface area contributed by atoms with E-state index in [0.717, 1.165) is 11.1 Å². The van der Waals surface area contributed by atoms with Gasteiger partial charge in [0.05, 0.1) is 6.20 Å². The smallest absolute Gasteiger partial charge is 0.227 e. The maximum absolute atomic E-state index is 9.91. The minimum atomic E-state index is -0.772. The van der Waals surface area contributed by atoms with E-state index in [1.807, 2.05) is 54.1 Å². The average Bonchev–Trinajstić information content (AvgIpc) is 3.14. The quantitative estimate of drug-likeness (QED) is 0.772. The van der Waals surface area contributed by atoms with Gasteiger partial charge < -0.3 is 9.52 Å². The topological polar surface area (TPSA) is 46.3 Å². The number of hydrogen-bond donors (Lipinski definition) is 1. The van der Waals surface area contributed by atoms with E-state index < -0.39 is 6.10 Å². The normalized spacial score (nSPS) is 11.5. The number of benzene rings is 1. The standard InChI is InChI=1S/C11H11NO2.C4H4S/c1-8-4-2-3-5-9(8)10(13)11-12-6-7-14-11;1-2-4-5-3-1/h2-7,10,13H,1H3;1-4H. The van der Waals surface area contributed by atoms with Gasteiger partial charge in [0.1, 0.15) is 6.26 Å². The first-order chi connectivity index (χ1) is 9.29. The predicted octanol–water partition coefficient (Wildman–Crippen LogP) is 3.81. The number of rotatable bonds is 2. The molecule has 0 amide bonds. The zero-order chi connectivity index (χ0) is 13.5. The molecule has 4 heteroatoms. The summed E-state index contributed by atoms with van der Waals surface area (Å²) in [6.45, 7) is 1.95. The van der Waals surface area contributed by atoms with Crippen molar-refractivity contribution in [3.05, 3.63) is 76.6 Å². The summed E-state index contributed by atoms with van der Waals surface area (Å²) in [6, 6.07) is 11.7. The van der Waals surface area contributed by atoms with Gasteiger partial charge >= 0.3 is 0 Å². The Morgan fingerprint density at radius 3 is 2.42 bits per heavy atom. The zero-order valence-electron chi connectivity index (χ0n) is 10.6. The van der Waals surface area contributed by atoms with Gasteiger partial charge in [0.25, 0.3) is 0 Å². The van der Waals surface area contributed by atoms with Crippen molar-refractivity contribution in [3.63, 3.8) is 0 Å². The molecule has 0 aliphatic carbocycles. The third-order valence-electron chi connectivity index (χ3n) is 2.59. The summed E-state index contributed by atoms with van der Waals surface area (Å²) in [5.41, 5.74) is 1.85. The highest BCUT2D eigenvalue weighted by atomic mass is 32.1. The van der Waals surface area contributed by atoms with Crippen LogP contribution in [0.25, 0.3) is 0 Å². The van der Waals surface area contributed by atoms with Crippen LogP contribution < -0.4 is 0 Å². The lowest BCUT2D eigenvalue weighted by Gasteiger charge is -2.09. The van der Waals surface area contributed by atoms with Crippen LogP contribution in [0.2, 0.25) is 0 Å². The van der Waals surface area contributed by atoms with Crippen molar-refractivity contribution < 1.29 is 9.52 Å². The highest BCUT2D eigenvalue weighted by Gasteiger charge is 2.15. The monoisotopic (exact) mass is 273 g/mol. The molecule has 3 aromatic rings. The van der Waals surface area contributed by atoms with Crippen LogP contribution in [0.1, 0.15) is 23.1 Å². The van der Waals surface area contributed by atoms with E-state index in [0.29, 0.717) is 5.89 Å². The number of aromatic nitrogens is 1. The Bertz CT molecular complexity index is 559. The first kappa shape index (κ1) is 13.5. The van der Waals surface area contributed by atoms with E-state index in [2.05, 4.69) is 4.98 Å². The molecule has 1 aromatic carbocycles. The van der Waals surface area contributed by atoms with Gasteiger partial charge in [-0.2, -0.15) is 11.3 Å². The Morgan fingerprint density at radius 1 is 1.16 bits per heavy atom. The second kappa shape index (κ2) is 6.87. The number of aryl methyl sites for hydroxylation is 1. The van der Waals surface area contributed by atoms with E-state index in [-0.39, 0.29) is 0 Å². The van der Waals surface area contributed by atoms with Crippen molar-refractivity contribution in [1.82, 2.24) is 4.98 Å². The molecule has 0 bridgehead atoms. The molecule has 3 nitrogen and oxygen atoms in total. The van der Waals surface area contributed by atoms with Gasteiger partial charge in [-0.15, -0.1) is 0 Å². The molecule has 0 radical (unpaired) electrons. The molecule has 0 saturated heterocycles. The van der Waals surface area contributed by atoms with E-state index in [1.165, 1.54) is 12.5 Å². The van der Waals surface area contributed by atoms with Gasteiger partial charge in [-0.25, -0.2) is 4.98 Å². The molecule has 1 N–H and O–H groups in total. The fourth-order valence-corrected chi connectivity index (χ4v) is 2.08. The van der Waals surface area contributed by atoms with Gasteiger partial charge in [0.2, 0.25) is 5.89 Å². The molecule has 19 heavy (non-hydrogen) atoms. The number of nitrogens with zero attached hydrogens (tertiary/aromatic N) is 1. The lowest BCUT2D eigenvalue weighted by atomic mass is 10.0. The number of oxazole rings is 1. The third-order valence-corrected chi connectivity index (χ3v) is 3.22. The van der Waals surface area contributed by atoms with Gasteiger partial charge in [0.15, 0.2) is 6.10 Å². The summed E-state index contributed by atoms with van der Waals surface area (Å²) < 4.78 is 5.04. The van der Waals surface area contributed by atoms with Crippen LogP contribution in [0.5, 0.6) is 0 Å². The first-order valence-electron chi connectivity index (χ1n) is 5.89. The van der Waals surface area contributed by atoms with Gasteiger partial charge in [-0.3, -0.25) is 0 Å². The Morgan fingerprint density at radius 2 is 1.89 bits per heavy atom. The Hall–Kier alpha value is -1.91. The molecular weight excluding hydrogens is 258 g/mol. The Labute approximate surface area is 116 Å². The van der Waals surface area contributed by atoms with E-state index in [9.17, 15) is 5.11 Å². The van der Waals surface area contributed by atoms with Crippen molar-refractivity contribution >= 4 is 11.3 Å². The van der Waals surface area contributed by atoms with Crippen molar-refractivity contribution in [2.24, 2.45) is 0 Å². The van der Waals surface area contributed by atoms with Gasteiger partial charge in [-0.1, -0.05) is 36.4 Å². The summed E-state index contributed by atoms with van der Waals surface area (Å²) >= 11 is 1.71. The van der Waals surface area contributed by atoms with Crippen molar-refractivity contribution in [2.75, 3.05) is 0 Å². The summed E-state index contributed by atoms with van der Waals surface area (Å²) in [6.07, 6.45) is 2.21. The van der Waals surface area contributed by atoms with Gasteiger partial charge in [0, 0.05) is 0 Å². The lowest BCUT2D eigenvalue weighted by Crippen LogP contribution is -2.01. The zero-order valence-corrected chi connectivity index (χ0v) is 11.4. The minimum absolute atomic E-state index is 0.333. The molecule has 1 atom stereocenters. The summed E-state index contributed by atoms with van der Waals surface area (Å²) in [5, 5.41) is 14.0. The predicted molar refractivity (Wildman–Crippen MR) is 76.1 cm³/mol. The maximum Gasteiger partial charge on any atom is 0.227 e. The first-order valence-corrected chi connectivity index (χ1v) is 6.83. The van der Waals surface area contributed by atoms with Crippen LogP contribution in [0.4, 0.5) is 0 Å². The molecule has 2 aromatic heterocycles.